The highest BCUT2D eigenvalue weighted by atomic mass is 35.5. The number of nitrogens with zero attached hydrogens (tertiary/aromatic N) is 3. The van der Waals surface area contributed by atoms with Gasteiger partial charge >= 0.3 is 12.0 Å². The lowest BCUT2D eigenvalue weighted by Gasteiger charge is -2.07. The van der Waals surface area contributed by atoms with Gasteiger partial charge in [-0.05, 0) is 11.6 Å². The molecule has 94 valence electrons. The molecule has 0 fully saturated rings. The minimum absolute atomic E-state index is 0.0603. The van der Waals surface area contributed by atoms with E-state index < -0.39 is 0 Å². The fraction of sp³-hybridized carbons (Fsp3) is 0.556. The number of hydrogen-bond donors (Lipinski definition) is 0. The van der Waals surface area contributed by atoms with Crippen molar-refractivity contribution in [3.8, 4) is 6.01 Å². The Morgan fingerprint density at radius 1 is 1.41 bits per heavy atom. The SMILES string of the molecule is COC(=O)C(C)CSc1nc(Cl)nc(OC)n1. The van der Waals surface area contributed by atoms with E-state index in [2.05, 4.69) is 19.7 Å². The van der Waals surface area contributed by atoms with E-state index in [0.717, 1.165) is 0 Å². The quantitative estimate of drug-likeness (QED) is 0.595. The zero-order valence-electron chi connectivity index (χ0n) is 9.64. The monoisotopic (exact) mass is 277 g/mol. The average Bonchev–Trinajstić information content (AvgIpc) is 2.34. The summed E-state index contributed by atoms with van der Waals surface area (Å²) in [6, 6.07) is 0.151. The normalized spacial score (nSPS) is 12.0. The topological polar surface area (TPSA) is 74.2 Å². The Hall–Kier alpha value is -1.08. The molecule has 0 amide bonds. The molecule has 8 heteroatoms. The summed E-state index contributed by atoms with van der Waals surface area (Å²) < 4.78 is 9.47. The van der Waals surface area contributed by atoms with Gasteiger partial charge in [0.15, 0.2) is 5.16 Å². The highest BCUT2D eigenvalue weighted by Crippen LogP contribution is 2.20. The first kappa shape index (κ1) is 14.0. The highest BCUT2D eigenvalue weighted by molar-refractivity contribution is 7.99. The zero-order chi connectivity index (χ0) is 12.8. The van der Waals surface area contributed by atoms with Gasteiger partial charge in [-0.3, -0.25) is 4.79 Å². The fourth-order valence-corrected chi connectivity index (χ4v) is 1.97. The van der Waals surface area contributed by atoms with Crippen LogP contribution in [0.15, 0.2) is 5.16 Å². The first-order valence-electron chi connectivity index (χ1n) is 4.73. The van der Waals surface area contributed by atoms with Crippen LogP contribution in [0.5, 0.6) is 6.01 Å². The largest absolute Gasteiger partial charge is 0.469 e. The number of rotatable bonds is 5. The molecule has 1 unspecified atom stereocenters. The Balaban J connectivity index is 2.63. The molecule has 0 aliphatic rings. The smallest absolute Gasteiger partial charge is 0.321 e. The third-order valence-electron chi connectivity index (χ3n) is 1.82. The minimum atomic E-state index is -0.274. The van der Waals surface area contributed by atoms with Gasteiger partial charge in [0, 0.05) is 5.75 Å². The molecule has 1 heterocycles. The van der Waals surface area contributed by atoms with Gasteiger partial charge in [-0.2, -0.15) is 15.0 Å². The number of carbonyl (C=O) groups is 1. The molecule has 0 saturated heterocycles. The van der Waals surface area contributed by atoms with Crippen molar-refractivity contribution in [3.05, 3.63) is 5.28 Å². The Labute approximate surface area is 108 Å². The van der Waals surface area contributed by atoms with Crippen LogP contribution in [0.25, 0.3) is 0 Å². The third-order valence-corrected chi connectivity index (χ3v) is 3.09. The predicted octanol–water partition coefficient (Wildman–Crippen LogP) is 1.43. The molecule has 0 saturated carbocycles. The molecule has 1 aromatic rings. The Morgan fingerprint density at radius 3 is 2.71 bits per heavy atom. The summed E-state index contributed by atoms with van der Waals surface area (Å²) in [5.41, 5.74) is 0. The molecule has 0 N–H and O–H groups in total. The summed E-state index contributed by atoms with van der Waals surface area (Å²) in [4.78, 5) is 22.8. The average molecular weight is 278 g/mol. The van der Waals surface area contributed by atoms with Crippen molar-refractivity contribution >= 4 is 29.3 Å². The van der Waals surface area contributed by atoms with Crippen molar-refractivity contribution in [1.82, 2.24) is 15.0 Å². The van der Waals surface area contributed by atoms with Crippen molar-refractivity contribution in [2.45, 2.75) is 12.1 Å². The van der Waals surface area contributed by atoms with Crippen LogP contribution in [-0.4, -0.2) is 40.9 Å². The van der Waals surface area contributed by atoms with Crippen molar-refractivity contribution in [2.24, 2.45) is 5.92 Å². The molecule has 6 nitrogen and oxygen atoms in total. The lowest BCUT2D eigenvalue weighted by Crippen LogP contribution is -2.15. The lowest BCUT2D eigenvalue weighted by atomic mass is 10.2. The lowest BCUT2D eigenvalue weighted by molar-refractivity contribution is -0.143. The van der Waals surface area contributed by atoms with E-state index in [0.29, 0.717) is 10.9 Å². The maximum absolute atomic E-state index is 11.2. The molecule has 0 radical (unpaired) electrons. The van der Waals surface area contributed by atoms with Crippen LogP contribution >= 0.6 is 23.4 Å². The van der Waals surface area contributed by atoms with Gasteiger partial charge in [-0.15, -0.1) is 0 Å². The number of carbonyl (C=O) groups excluding carboxylic acids is 1. The molecule has 1 aromatic heterocycles. The molecule has 0 aromatic carbocycles. The van der Waals surface area contributed by atoms with E-state index in [4.69, 9.17) is 16.3 Å². The van der Waals surface area contributed by atoms with Crippen LogP contribution in [0.2, 0.25) is 5.28 Å². The maximum atomic E-state index is 11.2. The third kappa shape index (κ3) is 4.35. The predicted molar refractivity (Wildman–Crippen MR) is 63.3 cm³/mol. The van der Waals surface area contributed by atoms with E-state index in [1.54, 1.807) is 6.92 Å². The van der Waals surface area contributed by atoms with Gasteiger partial charge < -0.3 is 9.47 Å². The Kier molecular flexibility index (Phi) is 5.43. The number of aromatic nitrogens is 3. The highest BCUT2D eigenvalue weighted by Gasteiger charge is 2.15. The second-order valence-corrected chi connectivity index (χ2v) is 4.43. The number of ether oxygens (including phenoxy) is 2. The van der Waals surface area contributed by atoms with Crippen LogP contribution < -0.4 is 4.74 Å². The summed E-state index contributed by atoms with van der Waals surface area (Å²) in [5, 5.41) is 0.475. The van der Waals surface area contributed by atoms with E-state index in [1.165, 1.54) is 26.0 Å². The maximum Gasteiger partial charge on any atom is 0.321 e. The van der Waals surface area contributed by atoms with Crippen LogP contribution in [0, 0.1) is 5.92 Å². The van der Waals surface area contributed by atoms with Gasteiger partial charge in [0.05, 0.1) is 20.1 Å². The number of thioether (sulfide) groups is 1. The first-order chi connectivity index (χ1) is 8.06. The van der Waals surface area contributed by atoms with Gasteiger partial charge in [-0.25, -0.2) is 0 Å². The number of hydrogen-bond acceptors (Lipinski definition) is 7. The molecule has 0 spiro atoms. The minimum Gasteiger partial charge on any atom is -0.469 e. The van der Waals surface area contributed by atoms with E-state index >= 15 is 0 Å². The molecule has 0 aliphatic carbocycles. The van der Waals surface area contributed by atoms with Crippen LogP contribution in [0.3, 0.4) is 0 Å². The zero-order valence-corrected chi connectivity index (χ0v) is 11.2. The Bertz CT molecular complexity index is 405. The van der Waals surface area contributed by atoms with Crippen molar-refractivity contribution in [3.63, 3.8) is 0 Å². The number of methoxy groups -OCH3 is 2. The van der Waals surface area contributed by atoms with E-state index in [-0.39, 0.29) is 23.2 Å². The van der Waals surface area contributed by atoms with Crippen LogP contribution in [0.1, 0.15) is 6.92 Å². The number of halogens is 1. The molecule has 1 rings (SSSR count). The Morgan fingerprint density at radius 2 is 2.12 bits per heavy atom. The number of esters is 1. The summed E-state index contributed by atoms with van der Waals surface area (Å²) in [7, 11) is 2.80. The van der Waals surface area contributed by atoms with Crippen LogP contribution in [0.4, 0.5) is 0 Å². The molecule has 0 aliphatic heterocycles. The molecular weight excluding hydrogens is 266 g/mol. The first-order valence-corrected chi connectivity index (χ1v) is 6.09. The standard InChI is InChI=1S/C9H12ClN3O3S/c1-5(6(14)15-2)4-17-9-12-7(10)11-8(13-9)16-3/h5H,4H2,1-3H3. The molecular formula is C9H12ClN3O3S. The summed E-state index contributed by atoms with van der Waals surface area (Å²) in [6.07, 6.45) is 0. The van der Waals surface area contributed by atoms with Crippen molar-refractivity contribution in [1.29, 1.82) is 0 Å². The molecule has 1 atom stereocenters. The van der Waals surface area contributed by atoms with E-state index in [9.17, 15) is 4.79 Å². The van der Waals surface area contributed by atoms with Crippen LogP contribution in [-0.2, 0) is 9.53 Å². The van der Waals surface area contributed by atoms with Crippen molar-refractivity contribution in [2.75, 3.05) is 20.0 Å². The summed E-state index contributed by atoms with van der Waals surface area (Å²) >= 11 is 6.98. The second-order valence-electron chi connectivity index (χ2n) is 3.11. The summed E-state index contributed by atoms with van der Waals surface area (Å²) in [5.74, 6) is -0.0212. The summed E-state index contributed by atoms with van der Waals surface area (Å²) in [6.45, 7) is 1.76. The fourth-order valence-electron chi connectivity index (χ4n) is 0.939. The molecule has 0 bridgehead atoms. The van der Waals surface area contributed by atoms with Gasteiger partial charge in [-0.1, -0.05) is 18.7 Å². The second kappa shape index (κ2) is 6.61. The van der Waals surface area contributed by atoms with E-state index in [1.807, 2.05) is 0 Å². The van der Waals surface area contributed by atoms with Gasteiger partial charge in [0.2, 0.25) is 5.28 Å². The molecule has 17 heavy (non-hydrogen) atoms. The van der Waals surface area contributed by atoms with Gasteiger partial charge in [0.25, 0.3) is 0 Å². The van der Waals surface area contributed by atoms with Gasteiger partial charge in [0.1, 0.15) is 0 Å². The van der Waals surface area contributed by atoms with Crippen molar-refractivity contribution < 1.29 is 14.3 Å².